The fraction of sp³-hybridized carbons (Fsp3) is 0.947. The number of hydrogen-bond donors (Lipinski definition) is 0. The van der Waals surface area contributed by atoms with E-state index in [4.69, 9.17) is 4.74 Å². The van der Waals surface area contributed by atoms with Crippen LogP contribution >= 0.6 is 0 Å². The lowest BCUT2D eigenvalue weighted by molar-refractivity contribution is -0.150. The van der Waals surface area contributed by atoms with Crippen LogP contribution in [0.25, 0.3) is 0 Å². The summed E-state index contributed by atoms with van der Waals surface area (Å²) in [5, 5.41) is 0. The van der Waals surface area contributed by atoms with Crippen molar-refractivity contribution < 1.29 is 9.53 Å². The average Bonchev–Trinajstić information content (AvgIpc) is 2.41. The molecule has 0 N–H and O–H groups in total. The second-order valence-electron chi connectivity index (χ2n) is 8.06. The molecule has 1 aliphatic carbocycles. The molecule has 124 valence electrons. The normalized spacial score (nSPS) is 23.0. The van der Waals surface area contributed by atoms with Crippen LogP contribution in [-0.2, 0) is 9.53 Å². The number of unbranched alkanes of at least 4 members (excludes halogenated alkanes) is 4. The zero-order chi connectivity index (χ0) is 15.7. The second kappa shape index (κ2) is 9.48. The Hall–Kier alpha value is -0.530. The number of esters is 1. The Morgan fingerprint density at radius 1 is 1.00 bits per heavy atom. The quantitative estimate of drug-likeness (QED) is 0.421. The van der Waals surface area contributed by atoms with Gasteiger partial charge in [0.15, 0.2) is 0 Å². The summed E-state index contributed by atoms with van der Waals surface area (Å²) >= 11 is 0. The van der Waals surface area contributed by atoms with Gasteiger partial charge in [-0.15, -0.1) is 0 Å². The van der Waals surface area contributed by atoms with E-state index in [9.17, 15) is 4.79 Å². The second-order valence-corrected chi connectivity index (χ2v) is 8.06. The van der Waals surface area contributed by atoms with E-state index in [1.807, 2.05) is 0 Å². The van der Waals surface area contributed by atoms with Gasteiger partial charge in [0.25, 0.3) is 0 Å². The molecule has 0 unspecified atom stereocenters. The molecule has 1 aliphatic rings. The van der Waals surface area contributed by atoms with Gasteiger partial charge in [0.1, 0.15) is 0 Å². The van der Waals surface area contributed by atoms with Gasteiger partial charge in [-0.05, 0) is 49.9 Å². The van der Waals surface area contributed by atoms with E-state index in [2.05, 4.69) is 27.7 Å². The smallest absolute Gasteiger partial charge is 0.308 e. The molecule has 0 aromatic carbocycles. The number of rotatable bonds is 8. The summed E-state index contributed by atoms with van der Waals surface area (Å²) in [6.07, 6.45) is 11.8. The summed E-state index contributed by atoms with van der Waals surface area (Å²) in [6.45, 7) is 9.78. The lowest BCUT2D eigenvalue weighted by Gasteiger charge is -2.31. The number of ether oxygens (including phenoxy) is 1. The third kappa shape index (κ3) is 8.48. The van der Waals surface area contributed by atoms with E-state index in [-0.39, 0.29) is 11.9 Å². The highest BCUT2D eigenvalue weighted by atomic mass is 16.5. The molecule has 0 amide bonds. The van der Waals surface area contributed by atoms with E-state index < -0.39 is 0 Å². The SMILES string of the molecule is CCCCCCCOC(=O)C1CCC(CC(C)(C)C)CC1. The highest BCUT2D eigenvalue weighted by molar-refractivity contribution is 5.72. The maximum absolute atomic E-state index is 12.1. The molecule has 0 aromatic heterocycles. The molecule has 1 saturated carbocycles. The highest BCUT2D eigenvalue weighted by Gasteiger charge is 2.29. The van der Waals surface area contributed by atoms with Gasteiger partial charge < -0.3 is 4.74 Å². The van der Waals surface area contributed by atoms with Crippen molar-refractivity contribution in [1.82, 2.24) is 0 Å². The van der Waals surface area contributed by atoms with Gasteiger partial charge in [-0.25, -0.2) is 0 Å². The Labute approximate surface area is 132 Å². The monoisotopic (exact) mass is 296 g/mol. The first-order chi connectivity index (χ1) is 9.92. The first-order valence-electron chi connectivity index (χ1n) is 9.09. The summed E-state index contributed by atoms with van der Waals surface area (Å²) < 4.78 is 5.46. The third-order valence-corrected chi connectivity index (χ3v) is 4.57. The van der Waals surface area contributed by atoms with Gasteiger partial charge in [0.05, 0.1) is 12.5 Å². The zero-order valence-electron chi connectivity index (χ0n) is 14.7. The molecule has 2 nitrogen and oxygen atoms in total. The minimum atomic E-state index is 0.0692. The largest absolute Gasteiger partial charge is 0.465 e. The van der Waals surface area contributed by atoms with Crippen molar-refractivity contribution in [3.63, 3.8) is 0 Å². The van der Waals surface area contributed by atoms with Crippen molar-refractivity contribution >= 4 is 5.97 Å². The van der Waals surface area contributed by atoms with Gasteiger partial charge >= 0.3 is 5.97 Å². The van der Waals surface area contributed by atoms with E-state index in [0.29, 0.717) is 12.0 Å². The Morgan fingerprint density at radius 2 is 1.62 bits per heavy atom. The lowest BCUT2D eigenvalue weighted by Crippen LogP contribution is -2.26. The van der Waals surface area contributed by atoms with Crippen LogP contribution in [0, 0.1) is 17.3 Å². The van der Waals surface area contributed by atoms with Crippen molar-refractivity contribution in [2.45, 2.75) is 91.9 Å². The first kappa shape index (κ1) is 18.5. The third-order valence-electron chi connectivity index (χ3n) is 4.57. The summed E-state index contributed by atoms with van der Waals surface area (Å²) in [7, 11) is 0. The molecular weight excluding hydrogens is 260 g/mol. The standard InChI is InChI=1S/C19H36O2/c1-5-6-7-8-9-14-21-18(20)17-12-10-16(11-13-17)15-19(2,3)4/h16-17H,5-15H2,1-4H3. The molecule has 1 rings (SSSR count). The van der Waals surface area contributed by atoms with Crippen molar-refractivity contribution in [3.05, 3.63) is 0 Å². The molecule has 0 radical (unpaired) electrons. The molecule has 0 spiro atoms. The fourth-order valence-corrected chi connectivity index (χ4v) is 3.46. The van der Waals surface area contributed by atoms with E-state index >= 15 is 0 Å². The Morgan fingerprint density at radius 3 is 2.19 bits per heavy atom. The predicted molar refractivity (Wildman–Crippen MR) is 89.2 cm³/mol. The maximum Gasteiger partial charge on any atom is 0.308 e. The highest BCUT2D eigenvalue weighted by Crippen LogP contribution is 2.36. The van der Waals surface area contributed by atoms with Crippen LogP contribution < -0.4 is 0 Å². The van der Waals surface area contributed by atoms with Crippen LogP contribution in [0.4, 0.5) is 0 Å². The van der Waals surface area contributed by atoms with Crippen molar-refractivity contribution in [2.75, 3.05) is 6.61 Å². The number of carbonyl (C=O) groups excluding carboxylic acids is 1. The molecule has 1 fully saturated rings. The molecule has 0 aromatic rings. The topological polar surface area (TPSA) is 26.3 Å². The molecule has 2 heteroatoms. The van der Waals surface area contributed by atoms with Crippen molar-refractivity contribution in [3.8, 4) is 0 Å². The summed E-state index contributed by atoms with van der Waals surface area (Å²) in [5.41, 5.74) is 0.413. The van der Waals surface area contributed by atoms with E-state index in [1.54, 1.807) is 0 Å². The van der Waals surface area contributed by atoms with E-state index in [1.165, 1.54) is 44.9 Å². The van der Waals surface area contributed by atoms with Gasteiger partial charge in [0, 0.05) is 0 Å². The van der Waals surface area contributed by atoms with Crippen LogP contribution in [0.5, 0.6) is 0 Å². The Kier molecular flexibility index (Phi) is 8.36. The molecule has 21 heavy (non-hydrogen) atoms. The summed E-state index contributed by atoms with van der Waals surface area (Å²) in [5.74, 6) is 1.06. The zero-order valence-corrected chi connectivity index (χ0v) is 14.7. The molecular formula is C19H36O2. The fourth-order valence-electron chi connectivity index (χ4n) is 3.46. The van der Waals surface area contributed by atoms with Crippen LogP contribution in [0.15, 0.2) is 0 Å². The van der Waals surface area contributed by atoms with E-state index in [0.717, 1.165) is 25.2 Å². The minimum Gasteiger partial charge on any atom is -0.465 e. The van der Waals surface area contributed by atoms with Crippen LogP contribution in [0.2, 0.25) is 0 Å². The number of carbonyl (C=O) groups is 1. The van der Waals surface area contributed by atoms with Gasteiger partial charge in [-0.1, -0.05) is 53.4 Å². The molecule has 0 aliphatic heterocycles. The lowest BCUT2D eigenvalue weighted by atomic mass is 9.74. The molecule has 0 heterocycles. The predicted octanol–water partition coefficient (Wildman–Crippen LogP) is 5.74. The van der Waals surface area contributed by atoms with Crippen LogP contribution in [-0.4, -0.2) is 12.6 Å². The Balaban J connectivity index is 2.11. The van der Waals surface area contributed by atoms with Gasteiger partial charge in [0.2, 0.25) is 0 Å². The summed E-state index contributed by atoms with van der Waals surface area (Å²) in [4.78, 5) is 12.1. The first-order valence-corrected chi connectivity index (χ1v) is 9.09. The van der Waals surface area contributed by atoms with Gasteiger partial charge in [-0.2, -0.15) is 0 Å². The average molecular weight is 296 g/mol. The minimum absolute atomic E-state index is 0.0692. The van der Waals surface area contributed by atoms with Crippen LogP contribution in [0.3, 0.4) is 0 Å². The van der Waals surface area contributed by atoms with Crippen molar-refractivity contribution in [1.29, 1.82) is 0 Å². The number of hydrogen-bond acceptors (Lipinski definition) is 2. The molecule has 0 saturated heterocycles. The van der Waals surface area contributed by atoms with Crippen molar-refractivity contribution in [2.24, 2.45) is 17.3 Å². The Bertz CT molecular complexity index is 282. The molecule has 0 atom stereocenters. The summed E-state index contributed by atoms with van der Waals surface area (Å²) in [6, 6.07) is 0. The van der Waals surface area contributed by atoms with Crippen LogP contribution in [0.1, 0.15) is 91.9 Å². The van der Waals surface area contributed by atoms with Gasteiger partial charge in [-0.3, -0.25) is 4.79 Å². The maximum atomic E-state index is 12.1. The molecule has 0 bridgehead atoms.